The minimum Gasteiger partial charge on any atom is -0.324 e. The Kier molecular flexibility index (Phi) is 4.74. The predicted molar refractivity (Wildman–Crippen MR) is 96.5 cm³/mol. The molecule has 3 nitrogen and oxygen atoms in total. The summed E-state index contributed by atoms with van der Waals surface area (Å²) in [7, 11) is 0. The first-order valence-corrected chi connectivity index (χ1v) is 8.87. The topological polar surface area (TPSA) is 29.9 Å². The van der Waals surface area contributed by atoms with E-state index in [2.05, 4.69) is 49.7 Å². The summed E-state index contributed by atoms with van der Waals surface area (Å²) >= 11 is 8.59. The second-order valence-corrected chi connectivity index (χ2v) is 7.31. The van der Waals surface area contributed by atoms with Crippen LogP contribution in [-0.2, 0) is 0 Å². The molecule has 1 aromatic carbocycles. The van der Waals surface area contributed by atoms with Crippen molar-refractivity contribution >= 4 is 45.8 Å². The van der Waals surface area contributed by atoms with Crippen LogP contribution in [0, 0.1) is 10.5 Å². The fourth-order valence-corrected chi connectivity index (χ4v) is 3.86. The van der Waals surface area contributed by atoms with Crippen molar-refractivity contribution in [1.29, 1.82) is 0 Å². The van der Waals surface area contributed by atoms with Crippen LogP contribution in [0.5, 0.6) is 0 Å². The Morgan fingerprint density at radius 2 is 2.05 bits per heavy atom. The lowest BCUT2D eigenvalue weighted by Crippen LogP contribution is -2.14. The molecule has 0 radical (unpaired) electrons. The lowest BCUT2D eigenvalue weighted by Gasteiger charge is -2.25. The zero-order valence-corrected chi connectivity index (χ0v) is 15.0. The van der Waals surface area contributed by atoms with E-state index in [1.54, 1.807) is 0 Å². The zero-order valence-electron chi connectivity index (χ0n) is 12.1. The number of nitrogens with one attached hydrogen (secondary N) is 1. The predicted octanol–water partition coefficient (Wildman–Crippen LogP) is 5.70. The Balaban J connectivity index is 1.87. The van der Waals surface area contributed by atoms with Gasteiger partial charge in [-0.15, -0.1) is 0 Å². The third-order valence-corrected chi connectivity index (χ3v) is 4.98. The molecule has 1 heterocycles. The van der Waals surface area contributed by atoms with Crippen LogP contribution in [0.15, 0.2) is 24.4 Å². The molecule has 1 fully saturated rings. The Labute approximate surface area is 144 Å². The summed E-state index contributed by atoms with van der Waals surface area (Å²) in [5, 5.41) is 4.14. The average Bonchev–Trinajstić information content (AvgIpc) is 2.84. The average molecular weight is 416 g/mol. The number of nitrogens with zero attached hydrogens (tertiary/aromatic N) is 2. The molecular formula is C16H19ClIN3. The molecule has 1 saturated carbocycles. The summed E-state index contributed by atoms with van der Waals surface area (Å²) in [4.78, 5) is 4.64. The summed E-state index contributed by atoms with van der Waals surface area (Å²) < 4.78 is 3.43. The lowest BCUT2D eigenvalue weighted by molar-refractivity contribution is 0.356. The quantitative estimate of drug-likeness (QED) is 0.652. The van der Waals surface area contributed by atoms with Crippen LogP contribution >= 0.6 is 34.2 Å². The Morgan fingerprint density at radius 3 is 2.76 bits per heavy atom. The van der Waals surface area contributed by atoms with Crippen molar-refractivity contribution in [1.82, 2.24) is 9.55 Å². The van der Waals surface area contributed by atoms with Crippen LogP contribution < -0.4 is 5.32 Å². The maximum absolute atomic E-state index is 6.32. The van der Waals surface area contributed by atoms with Crippen molar-refractivity contribution in [3.05, 3.63) is 38.7 Å². The molecule has 21 heavy (non-hydrogen) atoms. The van der Waals surface area contributed by atoms with Crippen molar-refractivity contribution in [3.63, 3.8) is 0 Å². The number of rotatable bonds is 3. The number of aryl methyl sites for hydroxylation is 1. The van der Waals surface area contributed by atoms with Gasteiger partial charge in [-0.1, -0.05) is 30.9 Å². The molecule has 1 aromatic heterocycles. The zero-order chi connectivity index (χ0) is 14.8. The van der Waals surface area contributed by atoms with Gasteiger partial charge in [0, 0.05) is 15.8 Å². The van der Waals surface area contributed by atoms with Crippen LogP contribution in [0.3, 0.4) is 0 Å². The van der Waals surface area contributed by atoms with E-state index in [0.717, 1.165) is 25.9 Å². The standard InChI is InChI=1S/C16H19ClIN3/c1-11-10-21(13-5-3-2-4-6-13)16(19-11)20-15-8-7-12(18)9-14(15)17/h7-10,13H,2-6H2,1H3,(H,19,20). The van der Waals surface area contributed by atoms with Crippen LogP contribution in [0.2, 0.25) is 5.02 Å². The van der Waals surface area contributed by atoms with Gasteiger partial charge >= 0.3 is 0 Å². The first kappa shape index (κ1) is 15.2. The van der Waals surface area contributed by atoms with Gasteiger partial charge in [-0.2, -0.15) is 0 Å². The van der Waals surface area contributed by atoms with Crippen molar-refractivity contribution in [3.8, 4) is 0 Å². The van der Waals surface area contributed by atoms with Gasteiger partial charge in [-0.05, 0) is 60.6 Å². The number of hydrogen-bond donors (Lipinski definition) is 1. The highest BCUT2D eigenvalue weighted by atomic mass is 127. The smallest absolute Gasteiger partial charge is 0.207 e. The van der Waals surface area contributed by atoms with Crippen molar-refractivity contribution < 1.29 is 0 Å². The van der Waals surface area contributed by atoms with E-state index in [9.17, 15) is 0 Å². The largest absolute Gasteiger partial charge is 0.324 e. The third-order valence-electron chi connectivity index (χ3n) is 4.00. The van der Waals surface area contributed by atoms with E-state index in [1.807, 2.05) is 19.1 Å². The molecule has 0 atom stereocenters. The van der Waals surface area contributed by atoms with E-state index < -0.39 is 0 Å². The van der Waals surface area contributed by atoms with Gasteiger partial charge in [-0.25, -0.2) is 4.98 Å². The van der Waals surface area contributed by atoms with E-state index in [4.69, 9.17) is 11.6 Å². The molecule has 2 aromatic rings. The highest BCUT2D eigenvalue weighted by Gasteiger charge is 2.19. The van der Waals surface area contributed by atoms with Crippen LogP contribution in [0.25, 0.3) is 0 Å². The molecule has 0 spiro atoms. The van der Waals surface area contributed by atoms with Crippen LogP contribution in [-0.4, -0.2) is 9.55 Å². The van der Waals surface area contributed by atoms with Gasteiger partial charge < -0.3 is 9.88 Å². The lowest BCUT2D eigenvalue weighted by atomic mass is 9.95. The van der Waals surface area contributed by atoms with E-state index in [0.29, 0.717) is 6.04 Å². The Hall–Kier alpha value is -0.750. The Bertz CT molecular complexity index is 632. The molecule has 1 aliphatic rings. The highest BCUT2D eigenvalue weighted by Crippen LogP contribution is 2.33. The number of aromatic nitrogens is 2. The SMILES string of the molecule is Cc1cn(C2CCCCC2)c(Nc2ccc(I)cc2Cl)n1. The molecule has 5 heteroatoms. The molecule has 0 saturated heterocycles. The summed E-state index contributed by atoms with van der Waals surface area (Å²) in [5.74, 6) is 0.905. The number of anilines is 2. The van der Waals surface area contributed by atoms with E-state index >= 15 is 0 Å². The number of benzene rings is 1. The maximum Gasteiger partial charge on any atom is 0.207 e. The number of halogens is 2. The van der Waals surface area contributed by atoms with Gasteiger partial charge in [-0.3, -0.25) is 0 Å². The molecule has 0 bridgehead atoms. The minimum absolute atomic E-state index is 0.560. The molecule has 1 N–H and O–H groups in total. The van der Waals surface area contributed by atoms with Crippen molar-refractivity contribution in [2.75, 3.05) is 5.32 Å². The first-order chi connectivity index (χ1) is 10.1. The fourth-order valence-electron chi connectivity index (χ4n) is 2.96. The summed E-state index contributed by atoms with van der Waals surface area (Å²) in [6.45, 7) is 2.04. The third kappa shape index (κ3) is 3.54. The van der Waals surface area contributed by atoms with Crippen molar-refractivity contribution in [2.24, 2.45) is 0 Å². The van der Waals surface area contributed by atoms with Crippen LogP contribution in [0.1, 0.15) is 43.8 Å². The second kappa shape index (κ2) is 6.57. The molecule has 3 rings (SSSR count). The summed E-state index contributed by atoms with van der Waals surface area (Å²) in [5.41, 5.74) is 1.96. The normalized spacial score (nSPS) is 16.1. The van der Waals surface area contributed by atoms with Gasteiger partial charge in [0.15, 0.2) is 0 Å². The molecule has 0 unspecified atom stereocenters. The molecule has 112 valence electrons. The van der Waals surface area contributed by atoms with E-state index in [1.165, 1.54) is 32.1 Å². The molecular weight excluding hydrogens is 397 g/mol. The van der Waals surface area contributed by atoms with Gasteiger partial charge in [0.1, 0.15) is 0 Å². The Morgan fingerprint density at radius 1 is 1.29 bits per heavy atom. The van der Waals surface area contributed by atoms with E-state index in [-0.39, 0.29) is 0 Å². The van der Waals surface area contributed by atoms with Gasteiger partial charge in [0.2, 0.25) is 5.95 Å². The summed E-state index contributed by atoms with van der Waals surface area (Å²) in [6.07, 6.45) is 8.61. The van der Waals surface area contributed by atoms with Gasteiger partial charge in [0.25, 0.3) is 0 Å². The minimum atomic E-state index is 0.560. The molecule has 0 amide bonds. The van der Waals surface area contributed by atoms with Gasteiger partial charge in [0.05, 0.1) is 16.4 Å². The first-order valence-electron chi connectivity index (χ1n) is 7.41. The second-order valence-electron chi connectivity index (χ2n) is 5.65. The van der Waals surface area contributed by atoms with Crippen LogP contribution in [0.4, 0.5) is 11.6 Å². The monoisotopic (exact) mass is 415 g/mol. The summed E-state index contributed by atoms with van der Waals surface area (Å²) in [6, 6.07) is 6.59. The molecule has 1 aliphatic carbocycles. The number of imidazole rings is 1. The highest BCUT2D eigenvalue weighted by molar-refractivity contribution is 14.1. The number of hydrogen-bond acceptors (Lipinski definition) is 2. The molecule has 0 aliphatic heterocycles. The van der Waals surface area contributed by atoms with Crippen molar-refractivity contribution in [2.45, 2.75) is 45.1 Å². The maximum atomic E-state index is 6.32. The fraction of sp³-hybridized carbons (Fsp3) is 0.438.